The molecule has 1 aliphatic heterocycles. The molecule has 1 fully saturated rings. The lowest BCUT2D eigenvalue weighted by atomic mass is 9.74. The first-order chi connectivity index (χ1) is 8.47. The lowest BCUT2D eigenvalue weighted by Gasteiger charge is -2.31. The quantitative estimate of drug-likeness (QED) is 0.741. The van der Waals surface area contributed by atoms with E-state index in [2.05, 4.69) is 19.2 Å². The van der Waals surface area contributed by atoms with Crippen molar-refractivity contribution in [3.63, 3.8) is 0 Å². The molecule has 0 unspecified atom stereocenters. The van der Waals surface area contributed by atoms with Crippen LogP contribution >= 0.6 is 0 Å². The zero-order valence-electron chi connectivity index (χ0n) is 11.9. The van der Waals surface area contributed by atoms with Gasteiger partial charge < -0.3 is 10.1 Å². The average Bonchev–Trinajstić information content (AvgIpc) is 2.59. The predicted octanol–water partition coefficient (Wildman–Crippen LogP) is 2.27. The van der Waals surface area contributed by atoms with Crippen LogP contribution in [0.2, 0.25) is 0 Å². The van der Waals surface area contributed by atoms with Crippen LogP contribution in [0.4, 0.5) is 0 Å². The highest BCUT2D eigenvalue weighted by Crippen LogP contribution is 2.39. The third-order valence-electron chi connectivity index (χ3n) is 3.69. The van der Waals surface area contributed by atoms with Crippen molar-refractivity contribution in [1.29, 1.82) is 0 Å². The van der Waals surface area contributed by atoms with Crippen LogP contribution in [0.15, 0.2) is 0 Å². The number of ether oxygens (including phenoxy) is 1. The third-order valence-corrected chi connectivity index (χ3v) is 3.69. The Morgan fingerprint density at radius 2 is 1.94 bits per heavy atom. The number of hydrogen-bond donors (Lipinski definition) is 1. The summed E-state index contributed by atoms with van der Waals surface area (Å²) in [5.41, 5.74) is -0.506. The highest BCUT2D eigenvalue weighted by Gasteiger charge is 2.51. The average molecular weight is 255 g/mol. The maximum absolute atomic E-state index is 12.1. The van der Waals surface area contributed by atoms with E-state index in [1.54, 1.807) is 0 Å². The molecule has 0 aromatic heterocycles. The van der Waals surface area contributed by atoms with Crippen molar-refractivity contribution in [1.82, 2.24) is 5.32 Å². The Hall–Kier alpha value is -1.06. The van der Waals surface area contributed by atoms with Gasteiger partial charge in [0.15, 0.2) is 0 Å². The van der Waals surface area contributed by atoms with Gasteiger partial charge in [0.2, 0.25) is 5.91 Å². The topological polar surface area (TPSA) is 55.4 Å². The zero-order chi connectivity index (χ0) is 13.8. The second kappa shape index (κ2) is 6.21. The summed E-state index contributed by atoms with van der Waals surface area (Å²) in [6.45, 7) is 8.15. The Balaban J connectivity index is 2.87. The molecule has 0 saturated carbocycles. The standard InChI is InChI=1S/C14H25NO3/c1-5-7-14(8-6-2)11(9-18-13(14)17)15-12(16)10(3)4/h10-11H,5-9H2,1-4H3,(H,15,16)/t11-/m0/s1. The van der Waals surface area contributed by atoms with Crippen molar-refractivity contribution in [3.8, 4) is 0 Å². The van der Waals surface area contributed by atoms with Gasteiger partial charge >= 0.3 is 5.97 Å². The number of esters is 1. The number of cyclic esters (lactones) is 1. The van der Waals surface area contributed by atoms with Gasteiger partial charge in [-0.05, 0) is 12.8 Å². The number of nitrogens with one attached hydrogen (secondary N) is 1. The maximum atomic E-state index is 12.1. The van der Waals surface area contributed by atoms with Crippen molar-refractivity contribution in [2.45, 2.75) is 59.4 Å². The normalized spacial score (nSPS) is 22.1. The fraction of sp³-hybridized carbons (Fsp3) is 0.857. The lowest BCUT2D eigenvalue weighted by Crippen LogP contribution is -2.49. The van der Waals surface area contributed by atoms with E-state index in [4.69, 9.17) is 4.74 Å². The van der Waals surface area contributed by atoms with Crippen LogP contribution in [0, 0.1) is 11.3 Å². The Morgan fingerprint density at radius 3 is 2.39 bits per heavy atom. The van der Waals surface area contributed by atoms with Crippen molar-refractivity contribution in [2.24, 2.45) is 11.3 Å². The van der Waals surface area contributed by atoms with Gasteiger partial charge in [-0.3, -0.25) is 9.59 Å². The molecule has 1 saturated heterocycles. The number of amides is 1. The monoisotopic (exact) mass is 255 g/mol. The van der Waals surface area contributed by atoms with E-state index in [0.29, 0.717) is 6.61 Å². The highest BCUT2D eigenvalue weighted by molar-refractivity contribution is 5.83. The smallest absolute Gasteiger partial charge is 0.314 e. The second-order valence-electron chi connectivity index (χ2n) is 5.47. The Labute approximate surface area is 109 Å². The van der Waals surface area contributed by atoms with Crippen LogP contribution in [0.5, 0.6) is 0 Å². The maximum Gasteiger partial charge on any atom is 0.314 e. The largest absolute Gasteiger partial charge is 0.463 e. The Kier molecular flexibility index (Phi) is 5.17. The van der Waals surface area contributed by atoms with Crippen LogP contribution < -0.4 is 5.32 Å². The van der Waals surface area contributed by atoms with Crippen molar-refractivity contribution in [3.05, 3.63) is 0 Å². The molecule has 1 N–H and O–H groups in total. The van der Waals surface area contributed by atoms with Gasteiger partial charge in [-0.1, -0.05) is 40.5 Å². The molecular weight excluding hydrogens is 230 g/mol. The molecule has 0 bridgehead atoms. The third kappa shape index (κ3) is 2.85. The fourth-order valence-corrected chi connectivity index (χ4v) is 2.69. The van der Waals surface area contributed by atoms with E-state index in [1.807, 2.05) is 13.8 Å². The first-order valence-corrected chi connectivity index (χ1v) is 6.95. The first-order valence-electron chi connectivity index (χ1n) is 6.95. The van der Waals surface area contributed by atoms with Gasteiger partial charge in [-0.15, -0.1) is 0 Å². The van der Waals surface area contributed by atoms with Crippen molar-refractivity contribution < 1.29 is 14.3 Å². The van der Waals surface area contributed by atoms with Crippen LogP contribution in [0.25, 0.3) is 0 Å². The molecule has 0 spiro atoms. The predicted molar refractivity (Wildman–Crippen MR) is 70.0 cm³/mol. The summed E-state index contributed by atoms with van der Waals surface area (Å²) in [6.07, 6.45) is 3.40. The number of carbonyl (C=O) groups is 2. The summed E-state index contributed by atoms with van der Waals surface area (Å²) in [4.78, 5) is 23.9. The first kappa shape index (κ1) is 15.0. The molecule has 4 heteroatoms. The van der Waals surface area contributed by atoms with Crippen LogP contribution in [-0.2, 0) is 14.3 Å². The lowest BCUT2D eigenvalue weighted by molar-refractivity contribution is -0.147. The van der Waals surface area contributed by atoms with Gasteiger partial charge in [0.1, 0.15) is 6.61 Å². The van der Waals surface area contributed by atoms with Crippen LogP contribution in [0.3, 0.4) is 0 Å². The minimum atomic E-state index is -0.506. The van der Waals surface area contributed by atoms with Crippen molar-refractivity contribution >= 4 is 11.9 Å². The number of rotatable bonds is 6. The van der Waals surface area contributed by atoms with Gasteiger partial charge in [0.25, 0.3) is 0 Å². The summed E-state index contributed by atoms with van der Waals surface area (Å²) in [5.74, 6) is -0.211. The van der Waals surface area contributed by atoms with Crippen LogP contribution in [0.1, 0.15) is 53.4 Å². The van der Waals surface area contributed by atoms with E-state index < -0.39 is 5.41 Å². The summed E-state index contributed by atoms with van der Waals surface area (Å²) < 4.78 is 5.21. The van der Waals surface area contributed by atoms with Crippen LogP contribution in [-0.4, -0.2) is 24.5 Å². The van der Waals surface area contributed by atoms with E-state index >= 15 is 0 Å². The molecule has 4 nitrogen and oxygen atoms in total. The molecule has 0 aromatic carbocycles. The minimum absolute atomic E-state index is 0.00474. The number of hydrogen-bond acceptors (Lipinski definition) is 3. The minimum Gasteiger partial charge on any atom is -0.463 e. The molecular formula is C14H25NO3. The fourth-order valence-electron chi connectivity index (χ4n) is 2.69. The van der Waals surface area contributed by atoms with E-state index in [1.165, 1.54) is 0 Å². The molecule has 1 amide bonds. The number of carbonyl (C=O) groups excluding carboxylic acids is 2. The molecule has 0 aliphatic carbocycles. The Morgan fingerprint density at radius 1 is 1.39 bits per heavy atom. The summed E-state index contributed by atoms with van der Waals surface area (Å²) >= 11 is 0. The molecule has 1 heterocycles. The van der Waals surface area contributed by atoms with E-state index in [-0.39, 0.29) is 23.8 Å². The van der Waals surface area contributed by atoms with Crippen molar-refractivity contribution in [2.75, 3.05) is 6.61 Å². The Bertz CT molecular complexity index is 306. The zero-order valence-corrected chi connectivity index (χ0v) is 11.9. The summed E-state index contributed by atoms with van der Waals surface area (Å²) in [5, 5.41) is 2.98. The van der Waals surface area contributed by atoms with Gasteiger partial charge in [-0.25, -0.2) is 0 Å². The molecule has 1 rings (SSSR count). The molecule has 104 valence electrons. The van der Waals surface area contributed by atoms with Gasteiger partial charge in [-0.2, -0.15) is 0 Å². The molecule has 1 aliphatic rings. The van der Waals surface area contributed by atoms with E-state index in [0.717, 1.165) is 25.7 Å². The SMILES string of the molecule is CCCC1(CCC)C(=O)OC[C@@H]1NC(=O)C(C)C. The van der Waals surface area contributed by atoms with E-state index in [9.17, 15) is 9.59 Å². The molecule has 0 radical (unpaired) electrons. The molecule has 1 atom stereocenters. The highest BCUT2D eigenvalue weighted by atomic mass is 16.5. The summed E-state index contributed by atoms with van der Waals surface area (Å²) in [7, 11) is 0. The van der Waals surface area contributed by atoms with Gasteiger partial charge in [0, 0.05) is 5.92 Å². The second-order valence-corrected chi connectivity index (χ2v) is 5.47. The summed E-state index contributed by atoms with van der Waals surface area (Å²) in [6, 6.07) is -0.167. The van der Waals surface area contributed by atoms with Gasteiger partial charge in [0.05, 0.1) is 11.5 Å². The molecule has 18 heavy (non-hydrogen) atoms. The molecule has 0 aromatic rings.